The van der Waals surface area contributed by atoms with E-state index in [-0.39, 0.29) is 0 Å². The Balaban J connectivity index is 2.78. The number of aliphatic hydroxyl groups excluding tert-OH is 1. The molecule has 0 saturated carbocycles. The highest BCUT2D eigenvalue weighted by Gasteiger charge is 2.10. The summed E-state index contributed by atoms with van der Waals surface area (Å²) in [6, 6.07) is 7.54. The summed E-state index contributed by atoms with van der Waals surface area (Å²) in [5.74, 6) is 0. The monoisotopic (exact) mass is 298 g/mol. The van der Waals surface area contributed by atoms with E-state index in [1.54, 1.807) is 19.2 Å². The lowest BCUT2D eigenvalue weighted by atomic mass is 10.2. The normalized spacial score (nSPS) is 11.9. The van der Waals surface area contributed by atoms with Gasteiger partial charge in [-0.05, 0) is 18.2 Å². The first-order valence-electron chi connectivity index (χ1n) is 5.15. The van der Waals surface area contributed by atoms with Crippen LogP contribution in [-0.2, 0) is 4.74 Å². The summed E-state index contributed by atoms with van der Waals surface area (Å²) in [5.41, 5.74) is 1.47. The second kappa shape index (κ2) is 6.60. The van der Waals surface area contributed by atoms with Crippen molar-refractivity contribution in [3.8, 4) is 6.07 Å². The van der Waals surface area contributed by atoms with Gasteiger partial charge < -0.3 is 14.7 Å². The largest absolute Gasteiger partial charge is 0.389 e. The van der Waals surface area contributed by atoms with Gasteiger partial charge in [-0.15, -0.1) is 0 Å². The fourth-order valence-electron chi connectivity index (χ4n) is 1.53. The lowest BCUT2D eigenvalue weighted by Gasteiger charge is -2.22. The smallest absolute Gasteiger partial charge is 0.0992 e. The van der Waals surface area contributed by atoms with Crippen LogP contribution >= 0.6 is 15.9 Å². The SMILES string of the molecule is COCC(O)CN(C)c1cc(Br)cc(C#N)c1. The second-order valence-corrected chi connectivity index (χ2v) is 4.72. The van der Waals surface area contributed by atoms with Gasteiger partial charge >= 0.3 is 0 Å². The van der Waals surface area contributed by atoms with Gasteiger partial charge in [0.2, 0.25) is 0 Å². The van der Waals surface area contributed by atoms with E-state index >= 15 is 0 Å². The molecule has 0 aliphatic heterocycles. The molecular weight excluding hydrogens is 284 g/mol. The molecule has 1 N–H and O–H groups in total. The maximum Gasteiger partial charge on any atom is 0.0992 e. The molecular formula is C12H15BrN2O2. The van der Waals surface area contributed by atoms with Crippen LogP contribution < -0.4 is 4.90 Å². The van der Waals surface area contributed by atoms with E-state index < -0.39 is 6.10 Å². The van der Waals surface area contributed by atoms with E-state index in [0.29, 0.717) is 18.7 Å². The highest BCUT2D eigenvalue weighted by molar-refractivity contribution is 9.10. The number of nitriles is 1. The van der Waals surface area contributed by atoms with Crippen molar-refractivity contribution in [2.45, 2.75) is 6.10 Å². The van der Waals surface area contributed by atoms with Crippen LogP contribution in [0.25, 0.3) is 0 Å². The zero-order valence-electron chi connectivity index (χ0n) is 9.85. The van der Waals surface area contributed by atoms with E-state index in [1.807, 2.05) is 18.0 Å². The predicted molar refractivity (Wildman–Crippen MR) is 70.0 cm³/mol. The van der Waals surface area contributed by atoms with E-state index in [9.17, 15) is 5.11 Å². The molecule has 1 rings (SSSR count). The molecule has 17 heavy (non-hydrogen) atoms. The van der Waals surface area contributed by atoms with Gasteiger partial charge in [0.15, 0.2) is 0 Å². The number of likely N-dealkylation sites (N-methyl/N-ethyl adjacent to an activating group) is 1. The quantitative estimate of drug-likeness (QED) is 0.900. The van der Waals surface area contributed by atoms with Gasteiger partial charge in [0.05, 0.1) is 24.3 Å². The number of aliphatic hydroxyl groups is 1. The lowest BCUT2D eigenvalue weighted by Crippen LogP contribution is -2.31. The molecule has 1 aromatic rings. The lowest BCUT2D eigenvalue weighted by molar-refractivity contribution is 0.0695. The molecule has 92 valence electrons. The van der Waals surface area contributed by atoms with E-state index in [2.05, 4.69) is 22.0 Å². The summed E-state index contributed by atoms with van der Waals surface area (Å²) >= 11 is 3.35. The van der Waals surface area contributed by atoms with Crippen LogP contribution in [0.2, 0.25) is 0 Å². The van der Waals surface area contributed by atoms with Crippen molar-refractivity contribution in [1.82, 2.24) is 0 Å². The van der Waals surface area contributed by atoms with Gasteiger partial charge in [-0.2, -0.15) is 5.26 Å². The fourth-order valence-corrected chi connectivity index (χ4v) is 2.01. The minimum Gasteiger partial charge on any atom is -0.389 e. The van der Waals surface area contributed by atoms with Gasteiger partial charge in [-0.25, -0.2) is 0 Å². The number of hydrogen-bond acceptors (Lipinski definition) is 4. The Morgan fingerprint density at radius 2 is 2.24 bits per heavy atom. The van der Waals surface area contributed by atoms with Crippen molar-refractivity contribution < 1.29 is 9.84 Å². The first kappa shape index (κ1) is 14.0. The van der Waals surface area contributed by atoms with E-state index in [4.69, 9.17) is 10.00 Å². The fraction of sp³-hybridized carbons (Fsp3) is 0.417. The minimum absolute atomic E-state index is 0.295. The van der Waals surface area contributed by atoms with Crippen LogP contribution in [0.15, 0.2) is 22.7 Å². The van der Waals surface area contributed by atoms with Gasteiger partial charge in [0.1, 0.15) is 0 Å². The summed E-state index contributed by atoms with van der Waals surface area (Å²) in [5, 5.41) is 18.5. The average molecular weight is 299 g/mol. The number of nitrogens with zero attached hydrogens (tertiary/aromatic N) is 2. The van der Waals surface area contributed by atoms with E-state index in [0.717, 1.165) is 10.2 Å². The molecule has 1 aromatic carbocycles. The zero-order chi connectivity index (χ0) is 12.8. The highest BCUT2D eigenvalue weighted by Crippen LogP contribution is 2.21. The van der Waals surface area contributed by atoms with Crippen LogP contribution in [-0.4, -0.2) is 38.5 Å². The Morgan fingerprint density at radius 3 is 2.82 bits per heavy atom. The number of rotatable bonds is 5. The van der Waals surface area contributed by atoms with Crippen LogP contribution in [0.3, 0.4) is 0 Å². The first-order valence-corrected chi connectivity index (χ1v) is 5.95. The van der Waals surface area contributed by atoms with Crippen LogP contribution in [0, 0.1) is 11.3 Å². The summed E-state index contributed by atoms with van der Waals surface area (Å²) in [7, 11) is 3.41. The van der Waals surface area contributed by atoms with Crippen LogP contribution in [0.1, 0.15) is 5.56 Å². The number of ether oxygens (including phenoxy) is 1. The minimum atomic E-state index is -0.547. The summed E-state index contributed by atoms with van der Waals surface area (Å²) in [4.78, 5) is 1.88. The Hall–Kier alpha value is -1.09. The van der Waals surface area contributed by atoms with Crippen molar-refractivity contribution >= 4 is 21.6 Å². The number of benzene rings is 1. The van der Waals surface area contributed by atoms with Crippen molar-refractivity contribution in [2.24, 2.45) is 0 Å². The van der Waals surface area contributed by atoms with Crippen molar-refractivity contribution in [1.29, 1.82) is 5.26 Å². The molecule has 5 heteroatoms. The van der Waals surface area contributed by atoms with Gasteiger partial charge in [-0.1, -0.05) is 15.9 Å². The third kappa shape index (κ3) is 4.35. The third-order valence-corrected chi connectivity index (χ3v) is 2.75. The number of anilines is 1. The topological polar surface area (TPSA) is 56.5 Å². The molecule has 0 fully saturated rings. The molecule has 1 atom stereocenters. The number of halogens is 1. The predicted octanol–water partition coefficient (Wildman–Crippen LogP) is 1.76. The van der Waals surface area contributed by atoms with Gasteiger partial charge in [0.25, 0.3) is 0 Å². The Labute approximate surface area is 110 Å². The Kier molecular flexibility index (Phi) is 5.42. The summed E-state index contributed by atoms with van der Waals surface area (Å²) in [6.07, 6.45) is -0.547. The number of hydrogen-bond donors (Lipinski definition) is 1. The zero-order valence-corrected chi connectivity index (χ0v) is 11.4. The van der Waals surface area contributed by atoms with Crippen molar-refractivity contribution in [3.05, 3.63) is 28.2 Å². The second-order valence-electron chi connectivity index (χ2n) is 3.80. The molecule has 0 heterocycles. The molecule has 0 aliphatic carbocycles. The van der Waals surface area contributed by atoms with E-state index in [1.165, 1.54) is 0 Å². The van der Waals surface area contributed by atoms with Crippen LogP contribution in [0.4, 0.5) is 5.69 Å². The summed E-state index contributed by atoms with van der Waals surface area (Å²) < 4.78 is 5.72. The molecule has 1 unspecified atom stereocenters. The van der Waals surface area contributed by atoms with Crippen LogP contribution in [0.5, 0.6) is 0 Å². The molecule has 0 amide bonds. The molecule has 4 nitrogen and oxygen atoms in total. The molecule has 0 bridgehead atoms. The Morgan fingerprint density at radius 1 is 1.53 bits per heavy atom. The molecule has 0 saturated heterocycles. The van der Waals surface area contributed by atoms with Gasteiger partial charge in [0, 0.05) is 30.9 Å². The summed E-state index contributed by atoms with van der Waals surface area (Å²) in [6.45, 7) is 0.749. The third-order valence-electron chi connectivity index (χ3n) is 2.30. The average Bonchev–Trinajstić information content (AvgIpc) is 2.28. The molecule has 0 spiro atoms. The van der Waals surface area contributed by atoms with Gasteiger partial charge in [-0.3, -0.25) is 0 Å². The first-order chi connectivity index (χ1) is 8.06. The molecule has 0 aromatic heterocycles. The molecule has 0 aliphatic rings. The van der Waals surface area contributed by atoms with Crippen molar-refractivity contribution in [2.75, 3.05) is 32.2 Å². The van der Waals surface area contributed by atoms with Crippen molar-refractivity contribution in [3.63, 3.8) is 0 Å². The number of methoxy groups -OCH3 is 1. The standard InChI is InChI=1S/C12H15BrN2O2/c1-15(7-12(16)8-17-2)11-4-9(6-14)3-10(13)5-11/h3-5,12,16H,7-8H2,1-2H3. The molecule has 0 radical (unpaired) electrons. The highest BCUT2D eigenvalue weighted by atomic mass is 79.9. The maximum absolute atomic E-state index is 9.63. The maximum atomic E-state index is 9.63. The Bertz CT molecular complexity index is 417.